The van der Waals surface area contributed by atoms with Gasteiger partial charge in [0.2, 0.25) is 0 Å². The molecule has 0 fully saturated rings. The van der Waals surface area contributed by atoms with Gasteiger partial charge in [0.05, 0.1) is 17.1 Å². The Morgan fingerprint density at radius 3 is 2.53 bits per heavy atom. The quantitative estimate of drug-likeness (QED) is 0.627. The van der Waals surface area contributed by atoms with Crippen molar-refractivity contribution in [1.82, 2.24) is 4.98 Å². The molecule has 3 aromatic rings. The summed E-state index contributed by atoms with van der Waals surface area (Å²) < 4.78 is 0. The highest BCUT2D eigenvalue weighted by molar-refractivity contribution is 6.34. The molecule has 2 aromatic carbocycles. The normalized spacial score (nSPS) is 10.5. The van der Waals surface area contributed by atoms with E-state index in [9.17, 15) is 4.79 Å². The number of halogens is 1. The smallest absolute Gasteiger partial charge is 0.195 e. The van der Waals surface area contributed by atoms with Gasteiger partial charge in [0.1, 0.15) is 5.15 Å². The van der Waals surface area contributed by atoms with Crippen LogP contribution in [0.3, 0.4) is 0 Å². The van der Waals surface area contributed by atoms with Crippen LogP contribution >= 0.6 is 11.6 Å². The number of hydrogen-bond acceptors (Lipinski definition) is 3. The molecule has 19 heavy (non-hydrogen) atoms. The second-order valence-corrected chi connectivity index (χ2v) is 4.48. The number of rotatable bonds is 0. The van der Waals surface area contributed by atoms with Gasteiger partial charge in [-0.3, -0.25) is 4.79 Å². The SMILES string of the molecule is N#Cc1ccc2nc(Cl)c3ccccc3c(=O)c2c1. The van der Waals surface area contributed by atoms with E-state index < -0.39 is 0 Å². The van der Waals surface area contributed by atoms with E-state index in [1.807, 2.05) is 6.07 Å². The van der Waals surface area contributed by atoms with E-state index in [0.29, 0.717) is 27.2 Å². The maximum Gasteiger partial charge on any atom is 0.195 e. The van der Waals surface area contributed by atoms with Crippen molar-refractivity contribution in [2.24, 2.45) is 0 Å². The second kappa shape index (κ2) is 4.34. The summed E-state index contributed by atoms with van der Waals surface area (Å²) in [5.41, 5.74) is 0.755. The molecule has 90 valence electrons. The van der Waals surface area contributed by atoms with E-state index >= 15 is 0 Å². The predicted molar refractivity (Wildman–Crippen MR) is 75.2 cm³/mol. The first-order chi connectivity index (χ1) is 9.20. The number of nitriles is 1. The highest BCUT2D eigenvalue weighted by Crippen LogP contribution is 2.21. The zero-order chi connectivity index (χ0) is 13.4. The van der Waals surface area contributed by atoms with Crippen LogP contribution in [-0.2, 0) is 0 Å². The first kappa shape index (κ1) is 11.6. The van der Waals surface area contributed by atoms with Crippen molar-refractivity contribution in [3.63, 3.8) is 0 Å². The first-order valence-corrected chi connectivity index (χ1v) is 6.01. The Balaban J connectivity index is 2.66. The average Bonchev–Trinajstić information content (AvgIpc) is 2.56. The number of aromatic nitrogens is 1. The molecule has 0 aliphatic heterocycles. The van der Waals surface area contributed by atoms with Crippen molar-refractivity contribution in [3.8, 4) is 6.07 Å². The molecule has 4 heteroatoms. The average molecular weight is 267 g/mol. The minimum Gasteiger partial charge on any atom is -0.289 e. The monoisotopic (exact) mass is 266 g/mol. The lowest BCUT2D eigenvalue weighted by atomic mass is 10.1. The van der Waals surface area contributed by atoms with Crippen molar-refractivity contribution >= 4 is 33.3 Å². The zero-order valence-corrected chi connectivity index (χ0v) is 10.5. The lowest BCUT2D eigenvalue weighted by molar-refractivity contribution is 1.44. The molecule has 0 spiro atoms. The minimum absolute atomic E-state index is 0.165. The van der Waals surface area contributed by atoms with Gasteiger partial charge >= 0.3 is 0 Å². The molecule has 0 aliphatic rings. The molecule has 3 nitrogen and oxygen atoms in total. The van der Waals surface area contributed by atoms with Gasteiger partial charge in [0.25, 0.3) is 0 Å². The molecule has 0 radical (unpaired) electrons. The predicted octanol–water partition coefficient (Wildman–Crippen LogP) is 3.27. The topological polar surface area (TPSA) is 53.8 Å². The van der Waals surface area contributed by atoms with E-state index in [4.69, 9.17) is 16.9 Å². The van der Waals surface area contributed by atoms with Crippen LogP contribution < -0.4 is 5.43 Å². The van der Waals surface area contributed by atoms with Crippen LogP contribution in [0.4, 0.5) is 0 Å². The summed E-state index contributed by atoms with van der Waals surface area (Å²) in [7, 11) is 0. The molecule has 0 saturated carbocycles. The molecule has 1 aromatic heterocycles. The highest BCUT2D eigenvalue weighted by atomic mass is 35.5. The third kappa shape index (κ3) is 1.83. The standard InChI is InChI=1S/C15H7ClN2O/c16-15-11-4-2-1-3-10(11)14(19)12-7-9(8-17)5-6-13(12)18-15/h1-7H. The van der Waals surface area contributed by atoms with Gasteiger partial charge in [-0.1, -0.05) is 35.9 Å². The largest absolute Gasteiger partial charge is 0.289 e. The zero-order valence-electron chi connectivity index (χ0n) is 9.72. The Hall–Kier alpha value is -2.44. The fourth-order valence-corrected chi connectivity index (χ4v) is 2.31. The Morgan fingerprint density at radius 1 is 1.05 bits per heavy atom. The van der Waals surface area contributed by atoms with Gasteiger partial charge in [0.15, 0.2) is 5.43 Å². The van der Waals surface area contributed by atoms with Crippen LogP contribution in [0, 0.1) is 11.3 Å². The molecular formula is C15H7ClN2O. The van der Waals surface area contributed by atoms with Crippen molar-refractivity contribution < 1.29 is 0 Å². The first-order valence-electron chi connectivity index (χ1n) is 5.63. The molecule has 0 saturated heterocycles. The molecule has 0 N–H and O–H groups in total. The highest BCUT2D eigenvalue weighted by Gasteiger charge is 2.07. The van der Waals surface area contributed by atoms with Gasteiger partial charge in [-0.25, -0.2) is 4.98 Å². The van der Waals surface area contributed by atoms with Crippen LogP contribution in [-0.4, -0.2) is 4.98 Å². The third-order valence-electron chi connectivity index (χ3n) is 2.98. The Bertz CT molecular complexity index is 913. The van der Waals surface area contributed by atoms with E-state index in [-0.39, 0.29) is 10.6 Å². The fourth-order valence-electron chi connectivity index (χ4n) is 2.06. The fraction of sp³-hybridized carbons (Fsp3) is 0. The lowest BCUT2D eigenvalue weighted by Crippen LogP contribution is -1.98. The number of nitrogens with zero attached hydrogens (tertiary/aromatic N) is 2. The molecule has 1 heterocycles. The summed E-state index contributed by atoms with van der Waals surface area (Å²) in [6.07, 6.45) is 0. The summed E-state index contributed by atoms with van der Waals surface area (Å²) in [4.78, 5) is 16.8. The van der Waals surface area contributed by atoms with E-state index in [1.165, 1.54) is 0 Å². The summed E-state index contributed by atoms with van der Waals surface area (Å²) in [5.74, 6) is 0. The lowest BCUT2D eigenvalue weighted by Gasteiger charge is -1.91. The molecule has 0 atom stereocenters. The van der Waals surface area contributed by atoms with Crippen LogP contribution in [0.1, 0.15) is 5.56 Å². The van der Waals surface area contributed by atoms with Crippen molar-refractivity contribution in [2.75, 3.05) is 0 Å². The van der Waals surface area contributed by atoms with Crippen LogP contribution in [0.15, 0.2) is 47.3 Å². The molecule has 3 rings (SSSR count). The van der Waals surface area contributed by atoms with Gasteiger partial charge < -0.3 is 0 Å². The molecule has 0 amide bonds. The summed E-state index contributed by atoms with van der Waals surface area (Å²) in [6, 6.07) is 13.9. The molecule has 0 bridgehead atoms. The van der Waals surface area contributed by atoms with Crippen molar-refractivity contribution in [1.29, 1.82) is 5.26 Å². The Morgan fingerprint density at radius 2 is 1.79 bits per heavy atom. The Labute approximate surface area is 113 Å². The van der Waals surface area contributed by atoms with Crippen LogP contribution in [0.2, 0.25) is 5.15 Å². The molecule has 0 aliphatic carbocycles. The van der Waals surface area contributed by atoms with Crippen LogP contribution in [0.25, 0.3) is 21.7 Å². The van der Waals surface area contributed by atoms with Crippen molar-refractivity contribution in [2.45, 2.75) is 0 Å². The van der Waals surface area contributed by atoms with Crippen molar-refractivity contribution in [3.05, 3.63) is 63.4 Å². The van der Waals surface area contributed by atoms with E-state index in [2.05, 4.69) is 4.98 Å². The second-order valence-electron chi connectivity index (χ2n) is 4.12. The molecular weight excluding hydrogens is 260 g/mol. The van der Waals surface area contributed by atoms with E-state index in [0.717, 1.165) is 0 Å². The van der Waals surface area contributed by atoms with Gasteiger partial charge in [-0.05, 0) is 18.2 Å². The van der Waals surface area contributed by atoms with Gasteiger partial charge in [0, 0.05) is 16.2 Å². The third-order valence-corrected chi connectivity index (χ3v) is 3.27. The summed E-state index contributed by atoms with van der Waals surface area (Å²) in [5, 5.41) is 10.7. The number of benzene rings is 2. The molecule has 0 unspecified atom stereocenters. The maximum atomic E-state index is 12.5. The summed E-state index contributed by atoms with van der Waals surface area (Å²) >= 11 is 6.15. The van der Waals surface area contributed by atoms with E-state index in [1.54, 1.807) is 42.5 Å². The van der Waals surface area contributed by atoms with Gasteiger partial charge in [-0.15, -0.1) is 0 Å². The maximum absolute atomic E-state index is 12.5. The van der Waals surface area contributed by atoms with Crippen LogP contribution in [0.5, 0.6) is 0 Å². The number of hydrogen-bond donors (Lipinski definition) is 0. The number of fused-ring (bicyclic) bond motifs is 2. The van der Waals surface area contributed by atoms with Gasteiger partial charge in [-0.2, -0.15) is 5.26 Å². The summed E-state index contributed by atoms with van der Waals surface area (Å²) in [6.45, 7) is 0. The minimum atomic E-state index is -0.165. The Kier molecular flexibility index (Phi) is 2.66.